The third-order valence-corrected chi connectivity index (χ3v) is 3.48. The van der Waals surface area contributed by atoms with E-state index in [0.717, 1.165) is 43.1 Å². The zero-order chi connectivity index (χ0) is 14.4. The van der Waals surface area contributed by atoms with Crippen molar-refractivity contribution in [1.82, 2.24) is 10.3 Å². The van der Waals surface area contributed by atoms with Gasteiger partial charge in [-0.05, 0) is 32.3 Å². The van der Waals surface area contributed by atoms with Gasteiger partial charge in [-0.3, -0.25) is 0 Å². The average Bonchev–Trinajstić information content (AvgIpc) is 2.97. The molecule has 3 N–H and O–H groups in total. The number of pyridine rings is 1. The highest BCUT2D eigenvalue weighted by molar-refractivity contribution is 14.0. The molecular formula is C15H26IN5. The molecule has 1 fully saturated rings. The second kappa shape index (κ2) is 9.07. The SMILES string of the molecule is CCCNC(N)=NCc1ccc(C)nc1N1CCCC1.I. The zero-order valence-corrected chi connectivity index (χ0v) is 15.3. The molecule has 0 atom stereocenters. The van der Waals surface area contributed by atoms with E-state index in [2.05, 4.69) is 28.2 Å². The van der Waals surface area contributed by atoms with E-state index in [1.165, 1.54) is 12.8 Å². The van der Waals surface area contributed by atoms with E-state index >= 15 is 0 Å². The van der Waals surface area contributed by atoms with E-state index in [1.54, 1.807) is 0 Å². The molecule has 5 nitrogen and oxygen atoms in total. The Balaban J connectivity index is 0.00000220. The highest BCUT2D eigenvalue weighted by Crippen LogP contribution is 2.23. The summed E-state index contributed by atoms with van der Waals surface area (Å²) in [6, 6.07) is 4.16. The van der Waals surface area contributed by atoms with E-state index in [-0.39, 0.29) is 24.0 Å². The molecule has 1 aromatic heterocycles. The summed E-state index contributed by atoms with van der Waals surface area (Å²) in [6.07, 6.45) is 3.54. The highest BCUT2D eigenvalue weighted by Gasteiger charge is 2.17. The van der Waals surface area contributed by atoms with Crippen molar-refractivity contribution >= 4 is 35.8 Å². The zero-order valence-electron chi connectivity index (χ0n) is 12.9. The van der Waals surface area contributed by atoms with Crippen LogP contribution in [-0.2, 0) is 6.54 Å². The number of halogens is 1. The summed E-state index contributed by atoms with van der Waals surface area (Å²) < 4.78 is 0. The highest BCUT2D eigenvalue weighted by atomic mass is 127. The number of hydrogen-bond donors (Lipinski definition) is 2. The van der Waals surface area contributed by atoms with Crippen molar-refractivity contribution in [2.24, 2.45) is 10.7 Å². The van der Waals surface area contributed by atoms with E-state index in [0.29, 0.717) is 12.5 Å². The van der Waals surface area contributed by atoms with Gasteiger partial charge in [-0.1, -0.05) is 13.0 Å². The van der Waals surface area contributed by atoms with Gasteiger partial charge >= 0.3 is 0 Å². The lowest BCUT2D eigenvalue weighted by molar-refractivity contribution is 0.823. The van der Waals surface area contributed by atoms with Crippen LogP contribution in [0.2, 0.25) is 0 Å². The summed E-state index contributed by atoms with van der Waals surface area (Å²) in [5, 5.41) is 3.10. The first-order valence-corrected chi connectivity index (χ1v) is 7.46. The molecule has 1 aliphatic heterocycles. The monoisotopic (exact) mass is 403 g/mol. The maximum atomic E-state index is 5.85. The third kappa shape index (κ3) is 5.33. The molecule has 1 saturated heterocycles. The number of aromatic nitrogens is 1. The molecule has 0 bridgehead atoms. The Kier molecular flexibility index (Phi) is 7.77. The summed E-state index contributed by atoms with van der Waals surface area (Å²) in [4.78, 5) is 11.5. The minimum Gasteiger partial charge on any atom is -0.370 e. The predicted molar refractivity (Wildman–Crippen MR) is 99.5 cm³/mol. The number of nitrogens with two attached hydrogens (primary N) is 1. The fourth-order valence-corrected chi connectivity index (χ4v) is 2.38. The fourth-order valence-electron chi connectivity index (χ4n) is 2.38. The van der Waals surface area contributed by atoms with Crippen LogP contribution >= 0.6 is 24.0 Å². The normalized spacial score (nSPS) is 15.0. The van der Waals surface area contributed by atoms with E-state index < -0.39 is 0 Å². The number of nitrogens with zero attached hydrogens (tertiary/aromatic N) is 3. The molecule has 2 heterocycles. The maximum Gasteiger partial charge on any atom is 0.188 e. The van der Waals surface area contributed by atoms with Crippen LogP contribution in [0.1, 0.15) is 37.4 Å². The topological polar surface area (TPSA) is 66.5 Å². The maximum absolute atomic E-state index is 5.85. The molecule has 0 saturated carbocycles. The van der Waals surface area contributed by atoms with Crippen LogP contribution < -0.4 is 16.0 Å². The number of aryl methyl sites for hydroxylation is 1. The van der Waals surface area contributed by atoms with Crippen LogP contribution in [0.4, 0.5) is 5.82 Å². The number of nitrogens with one attached hydrogen (secondary N) is 1. The van der Waals surface area contributed by atoms with Gasteiger partial charge in [0.05, 0.1) is 6.54 Å². The van der Waals surface area contributed by atoms with Crippen molar-refractivity contribution in [1.29, 1.82) is 0 Å². The lowest BCUT2D eigenvalue weighted by Crippen LogP contribution is -2.32. The summed E-state index contributed by atoms with van der Waals surface area (Å²) in [6.45, 7) is 7.77. The molecule has 0 spiro atoms. The van der Waals surface area contributed by atoms with Gasteiger partial charge in [0, 0.05) is 30.9 Å². The molecule has 0 aromatic carbocycles. The molecule has 0 aliphatic carbocycles. The molecule has 21 heavy (non-hydrogen) atoms. The average molecular weight is 403 g/mol. The third-order valence-electron chi connectivity index (χ3n) is 3.48. The van der Waals surface area contributed by atoms with Crippen LogP contribution in [-0.4, -0.2) is 30.6 Å². The largest absolute Gasteiger partial charge is 0.370 e. The Morgan fingerprint density at radius 3 is 2.76 bits per heavy atom. The minimum atomic E-state index is 0. The molecule has 0 amide bonds. The van der Waals surface area contributed by atoms with Gasteiger partial charge in [0.2, 0.25) is 0 Å². The van der Waals surface area contributed by atoms with Gasteiger partial charge < -0.3 is 16.0 Å². The molecule has 1 aromatic rings. The van der Waals surface area contributed by atoms with Crippen LogP contribution in [0.3, 0.4) is 0 Å². The minimum absolute atomic E-state index is 0. The van der Waals surface area contributed by atoms with Gasteiger partial charge in [-0.2, -0.15) is 0 Å². The van der Waals surface area contributed by atoms with Gasteiger partial charge in [0.25, 0.3) is 0 Å². The van der Waals surface area contributed by atoms with Gasteiger partial charge in [-0.15, -0.1) is 24.0 Å². The number of anilines is 1. The molecular weight excluding hydrogens is 377 g/mol. The summed E-state index contributed by atoms with van der Waals surface area (Å²) in [5.41, 5.74) is 8.05. The summed E-state index contributed by atoms with van der Waals surface area (Å²) in [5.74, 6) is 1.59. The standard InChI is InChI=1S/C15H25N5.HI/c1-3-8-17-15(16)18-11-13-7-6-12(2)19-14(13)20-9-4-5-10-20;/h6-7H,3-5,8-11H2,1-2H3,(H3,16,17,18);1H. The van der Waals surface area contributed by atoms with Gasteiger partial charge in [0.15, 0.2) is 5.96 Å². The molecule has 118 valence electrons. The second-order valence-electron chi connectivity index (χ2n) is 5.26. The molecule has 6 heteroatoms. The van der Waals surface area contributed by atoms with Crippen LogP contribution in [0.5, 0.6) is 0 Å². The van der Waals surface area contributed by atoms with Gasteiger partial charge in [0.1, 0.15) is 5.82 Å². The van der Waals surface area contributed by atoms with E-state index in [4.69, 9.17) is 10.7 Å². The van der Waals surface area contributed by atoms with E-state index in [9.17, 15) is 0 Å². The van der Waals surface area contributed by atoms with Crippen molar-refractivity contribution in [3.63, 3.8) is 0 Å². The first kappa shape index (κ1) is 18.0. The first-order chi connectivity index (χ1) is 9.70. The lowest BCUT2D eigenvalue weighted by atomic mass is 10.2. The van der Waals surface area contributed by atoms with Crippen LogP contribution in [0, 0.1) is 6.92 Å². The number of aliphatic imine (C=N–C) groups is 1. The van der Waals surface area contributed by atoms with Crippen molar-refractivity contribution < 1.29 is 0 Å². The Bertz CT molecular complexity index is 469. The lowest BCUT2D eigenvalue weighted by Gasteiger charge is -2.20. The summed E-state index contributed by atoms with van der Waals surface area (Å²) in [7, 11) is 0. The smallest absolute Gasteiger partial charge is 0.188 e. The molecule has 0 radical (unpaired) electrons. The number of rotatable bonds is 5. The number of guanidine groups is 1. The molecule has 1 aliphatic rings. The Labute approximate surface area is 144 Å². The predicted octanol–water partition coefficient (Wildman–Crippen LogP) is 2.42. The number of hydrogen-bond acceptors (Lipinski definition) is 3. The second-order valence-corrected chi connectivity index (χ2v) is 5.26. The first-order valence-electron chi connectivity index (χ1n) is 7.46. The molecule has 2 rings (SSSR count). The van der Waals surface area contributed by atoms with Crippen molar-refractivity contribution in [2.45, 2.75) is 39.7 Å². The quantitative estimate of drug-likeness (QED) is 0.450. The van der Waals surface area contributed by atoms with Crippen molar-refractivity contribution in [2.75, 3.05) is 24.5 Å². The summed E-state index contributed by atoms with van der Waals surface area (Å²) >= 11 is 0. The Morgan fingerprint density at radius 2 is 2.10 bits per heavy atom. The molecule has 0 unspecified atom stereocenters. The van der Waals surface area contributed by atoms with Crippen LogP contribution in [0.25, 0.3) is 0 Å². The van der Waals surface area contributed by atoms with E-state index in [1.807, 2.05) is 13.0 Å². The van der Waals surface area contributed by atoms with Gasteiger partial charge in [-0.25, -0.2) is 9.98 Å². The van der Waals surface area contributed by atoms with Crippen molar-refractivity contribution in [3.05, 3.63) is 23.4 Å². The van der Waals surface area contributed by atoms with Crippen LogP contribution in [0.15, 0.2) is 17.1 Å². The Hall–Kier alpha value is -1.05. The fraction of sp³-hybridized carbons (Fsp3) is 0.600. The van der Waals surface area contributed by atoms with Crippen molar-refractivity contribution in [3.8, 4) is 0 Å². The Morgan fingerprint density at radius 1 is 1.38 bits per heavy atom.